The third-order valence-corrected chi connectivity index (χ3v) is 5.02. The molecular formula is C20H20BrN3O4. The van der Waals surface area contributed by atoms with Crippen molar-refractivity contribution in [2.75, 3.05) is 13.2 Å². The number of carbonyl (C=O) groups is 1. The molecule has 0 spiro atoms. The van der Waals surface area contributed by atoms with Gasteiger partial charge in [-0.15, -0.1) is 0 Å². The predicted octanol–water partition coefficient (Wildman–Crippen LogP) is 3.97. The van der Waals surface area contributed by atoms with Gasteiger partial charge in [0.25, 0.3) is 0 Å². The van der Waals surface area contributed by atoms with E-state index in [0.717, 1.165) is 27.1 Å². The summed E-state index contributed by atoms with van der Waals surface area (Å²) >= 11 is 3.38. The fourth-order valence-electron chi connectivity index (χ4n) is 3.19. The second-order valence-electron chi connectivity index (χ2n) is 6.64. The summed E-state index contributed by atoms with van der Waals surface area (Å²) in [6.45, 7) is 4.60. The standard InChI is InChI=1S/C20H20BrN3O4/c1-3-26-15-4-5-17-12(7-15)6-13(10-27-17)20(25)28-11(2)18-23-16-8-14(21)9-22-19(16)24-18/h4-5,7-9,11,13H,3,6,10H2,1-2H3,(H,22,23,24). The summed E-state index contributed by atoms with van der Waals surface area (Å²) in [5, 5.41) is 0. The number of hydrogen-bond donors (Lipinski definition) is 1. The molecule has 1 aromatic carbocycles. The van der Waals surface area contributed by atoms with Gasteiger partial charge in [0.15, 0.2) is 11.8 Å². The molecule has 0 amide bonds. The summed E-state index contributed by atoms with van der Waals surface area (Å²) in [5.41, 5.74) is 2.31. The Morgan fingerprint density at radius 2 is 2.29 bits per heavy atom. The zero-order chi connectivity index (χ0) is 19.7. The topological polar surface area (TPSA) is 86.3 Å². The van der Waals surface area contributed by atoms with Crippen LogP contribution in [0.4, 0.5) is 0 Å². The third kappa shape index (κ3) is 3.82. The van der Waals surface area contributed by atoms with E-state index in [1.807, 2.05) is 31.2 Å². The van der Waals surface area contributed by atoms with Crippen molar-refractivity contribution >= 4 is 33.1 Å². The number of halogens is 1. The Balaban J connectivity index is 1.45. The number of esters is 1. The lowest BCUT2D eigenvalue weighted by atomic mass is 9.96. The zero-order valence-corrected chi connectivity index (χ0v) is 17.2. The fraction of sp³-hybridized carbons (Fsp3) is 0.350. The zero-order valence-electron chi connectivity index (χ0n) is 15.6. The van der Waals surface area contributed by atoms with Gasteiger partial charge in [-0.05, 0) is 66.0 Å². The highest BCUT2D eigenvalue weighted by Crippen LogP contribution is 2.32. The predicted molar refractivity (Wildman–Crippen MR) is 106 cm³/mol. The van der Waals surface area contributed by atoms with Gasteiger partial charge in [0.2, 0.25) is 0 Å². The molecule has 0 bridgehead atoms. The summed E-state index contributed by atoms with van der Waals surface area (Å²) in [5.74, 6) is 1.44. The first-order valence-electron chi connectivity index (χ1n) is 9.13. The minimum Gasteiger partial charge on any atom is -0.494 e. The number of H-pyrrole nitrogens is 1. The van der Waals surface area contributed by atoms with E-state index >= 15 is 0 Å². The summed E-state index contributed by atoms with van der Waals surface area (Å²) in [7, 11) is 0. The lowest BCUT2D eigenvalue weighted by molar-refractivity contribution is -0.155. The van der Waals surface area contributed by atoms with Crippen molar-refractivity contribution in [3.05, 3.63) is 46.3 Å². The number of carbonyl (C=O) groups excluding carboxylic acids is 1. The molecule has 146 valence electrons. The number of ether oxygens (including phenoxy) is 3. The molecule has 4 rings (SSSR count). The Morgan fingerprint density at radius 3 is 3.11 bits per heavy atom. The molecule has 0 fully saturated rings. The fourth-order valence-corrected chi connectivity index (χ4v) is 3.52. The molecule has 0 aliphatic carbocycles. The molecule has 2 unspecified atom stereocenters. The highest BCUT2D eigenvalue weighted by atomic mass is 79.9. The maximum Gasteiger partial charge on any atom is 0.313 e. The van der Waals surface area contributed by atoms with E-state index in [1.54, 1.807) is 13.1 Å². The van der Waals surface area contributed by atoms with Crippen molar-refractivity contribution in [2.24, 2.45) is 5.92 Å². The van der Waals surface area contributed by atoms with Crippen molar-refractivity contribution in [2.45, 2.75) is 26.4 Å². The Hall–Kier alpha value is -2.61. The number of aromatic nitrogens is 3. The lowest BCUT2D eigenvalue weighted by Gasteiger charge is -2.25. The molecule has 7 nitrogen and oxygen atoms in total. The van der Waals surface area contributed by atoms with Crippen molar-refractivity contribution in [1.82, 2.24) is 15.0 Å². The number of hydrogen-bond acceptors (Lipinski definition) is 6. The third-order valence-electron chi connectivity index (χ3n) is 4.58. The van der Waals surface area contributed by atoms with E-state index < -0.39 is 6.10 Å². The van der Waals surface area contributed by atoms with Gasteiger partial charge in [-0.2, -0.15) is 0 Å². The Labute approximate surface area is 170 Å². The second-order valence-corrected chi connectivity index (χ2v) is 7.56. The Morgan fingerprint density at radius 1 is 1.43 bits per heavy atom. The Bertz CT molecular complexity index is 1020. The first kappa shape index (κ1) is 18.7. The molecule has 1 aliphatic rings. The van der Waals surface area contributed by atoms with E-state index in [-0.39, 0.29) is 11.9 Å². The van der Waals surface area contributed by atoms with E-state index in [9.17, 15) is 4.79 Å². The minimum atomic E-state index is -0.517. The Kier molecular flexibility index (Phi) is 5.21. The maximum absolute atomic E-state index is 12.7. The van der Waals surface area contributed by atoms with Crippen molar-refractivity contribution in [3.63, 3.8) is 0 Å². The maximum atomic E-state index is 12.7. The molecule has 28 heavy (non-hydrogen) atoms. The molecule has 2 aromatic heterocycles. The van der Waals surface area contributed by atoms with E-state index in [1.165, 1.54) is 0 Å². The summed E-state index contributed by atoms with van der Waals surface area (Å²) in [6, 6.07) is 7.56. The quantitative estimate of drug-likeness (QED) is 0.597. The highest BCUT2D eigenvalue weighted by Gasteiger charge is 2.29. The van der Waals surface area contributed by atoms with E-state index in [2.05, 4.69) is 30.9 Å². The molecule has 0 saturated heterocycles. The lowest BCUT2D eigenvalue weighted by Crippen LogP contribution is -2.30. The molecule has 1 aliphatic heterocycles. The SMILES string of the molecule is CCOc1ccc2c(c1)CC(C(=O)OC(C)c1nc3ncc(Br)cc3[nH]1)CO2. The van der Waals surface area contributed by atoms with Gasteiger partial charge in [0.05, 0.1) is 18.0 Å². The normalized spacial score (nSPS) is 16.9. The average Bonchev–Trinajstić information content (AvgIpc) is 3.11. The van der Waals surface area contributed by atoms with Crippen LogP contribution in [-0.2, 0) is 16.0 Å². The molecule has 0 saturated carbocycles. The van der Waals surface area contributed by atoms with Crippen LogP contribution in [0.25, 0.3) is 11.2 Å². The number of nitrogens with zero attached hydrogens (tertiary/aromatic N) is 2. The highest BCUT2D eigenvalue weighted by molar-refractivity contribution is 9.10. The van der Waals surface area contributed by atoms with Crippen LogP contribution in [-0.4, -0.2) is 34.1 Å². The van der Waals surface area contributed by atoms with Crippen LogP contribution in [0.3, 0.4) is 0 Å². The molecule has 8 heteroatoms. The van der Waals surface area contributed by atoms with Crippen LogP contribution in [0.15, 0.2) is 34.9 Å². The molecule has 0 radical (unpaired) electrons. The number of nitrogens with one attached hydrogen (secondary N) is 1. The van der Waals surface area contributed by atoms with Crippen LogP contribution in [0.2, 0.25) is 0 Å². The largest absolute Gasteiger partial charge is 0.494 e. The molecule has 2 atom stereocenters. The number of aromatic amines is 1. The first-order valence-corrected chi connectivity index (χ1v) is 9.93. The minimum absolute atomic E-state index is 0.293. The van der Waals surface area contributed by atoms with Crippen LogP contribution in [0.5, 0.6) is 11.5 Å². The molecule has 3 aromatic rings. The van der Waals surface area contributed by atoms with Gasteiger partial charge in [-0.1, -0.05) is 0 Å². The molecule has 1 N–H and O–H groups in total. The van der Waals surface area contributed by atoms with Crippen molar-refractivity contribution in [1.29, 1.82) is 0 Å². The van der Waals surface area contributed by atoms with Gasteiger partial charge in [0.1, 0.15) is 23.9 Å². The number of imidazole rings is 1. The van der Waals surface area contributed by atoms with Crippen molar-refractivity contribution in [3.8, 4) is 11.5 Å². The van der Waals surface area contributed by atoms with Gasteiger partial charge in [0, 0.05) is 10.7 Å². The molecule has 3 heterocycles. The number of benzene rings is 1. The van der Waals surface area contributed by atoms with Crippen LogP contribution >= 0.6 is 15.9 Å². The van der Waals surface area contributed by atoms with Crippen molar-refractivity contribution < 1.29 is 19.0 Å². The van der Waals surface area contributed by atoms with Crippen LogP contribution in [0.1, 0.15) is 31.3 Å². The van der Waals surface area contributed by atoms with Gasteiger partial charge in [-0.25, -0.2) is 9.97 Å². The number of rotatable bonds is 5. The first-order chi connectivity index (χ1) is 13.5. The van der Waals surface area contributed by atoms with E-state index in [4.69, 9.17) is 14.2 Å². The van der Waals surface area contributed by atoms with Gasteiger partial charge < -0.3 is 19.2 Å². The van der Waals surface area contributed by atoms with Crippen LogP contribution < -0.4 is 9.47 Å². The molecular weight excluding hydrogens is 426 g/mol. The van der Waals surface area contributed by atoms with Crippen LogP contribution in [0, 0.1) is 5.92 Å². The number of fused-ring (bicyclic) bond motifs is 2. The number of pyridine rings is 1. The monoisotopic (exact) mass is 445 g/mol. The smallest absolute Gasteiger partial charge is 0.313 e. The summed E-state index contributed by atoms with van der Waals surface area (Å²) in [4.78, 5) is 24.5. The average molecular weight is 446 g/mol. The van der Waals surface area contributed by atoms with Gasteiger partial charge >= 0.3 is 5.97 Å². The summed E-state index contributed by atoms with van der Waals surface area (Å²) in [6.07, 6.45) is 1.71. The van der Waals surface area contributed by atoms with Gasteiger partial charge in [-0.3, -0.25) is 4.79 Å². The summed E-state index contributed by atoms with van der Waals surface area (Å²) < 4.78 is 17.8. The van der Waals surface area contributed by atoms with E-state index in [0.29, 0.717) is 31.1 Å². The second kappa shape index (κ2) is 7.79.